The summed E-state index contributed by atoms with van der Waals surface area (Å²) in [6.07, 6.45) is 6.38. The lowest BCUT2D eigenvalue weighted by Crippen LogP contribution is -2.37. The zero-order valence-corrected chi connectivity index (χ0v) is 24.6. The lowest BCUT2D eigenvalue weighted by atomic mass is 9.95. The number of anilines is 1. The van der Waals surface area contributed by atoms with E-state index in [4.69, 9.17) is 9.47 Å². The first-order valence-corrected chi connectivity index (χ1v) is 14.4. The van der Waals surface area contributed by atoms with E-state index in [2.05, 4.69) is 37.1 Å². The third-order valence-corrected chi connectivity index (χ3v) is 7.01. The molecule has 3 N–H and O–H groups in total. The Hall–Kier alpha value is -4.51. The van der Waals surface area contributed by atoms with Crippen LogP contribution in [0.4, 0.5) is 5.69 Å². The van der Waals surface area contributed by atoms with E-state index in [1.807, 2.05) is 6.92 Å². The van der Waals surface area contributed by atoms with Crippen molar-refractivity contribution >= 4 is 51.5 Å². The van der Waals surface area contributed by atoms with Crippen molar-refractivity contribution in [1.29, 1.82) is 0 Å². The number of hydrogen-bond donors (Lipinski definition) is 3. The van der Waals surface area contributed by atoms with Crippen LogP contribution in [0.15, 0.2) is 76.3 Å². The molecule has 0 saturated heterocycles. The van der Waals surface area contributed by atoms with Gasteiger partial charge in [0.25, 0.3) is 5.91 Å². The number of benzene rings is 3. The van der Waals surface area contributed by atoms with Gasteiger partial charge in [-0.2, -0.15) is 5.10 Å². The van der Waals surface area contributed by atoms with Crippen LogP contribution >= 0.6 is 15.9 Å². The van der Waals surface area contributed by atoms with Gasteiger partial charge in [0.2, 0.25) is 0 Å². The van der Waals surface area contributed by atoms with Crippen molar-refractivity contribution in [2.24, 2.45) is 5.10 Å². The third-order valence-electron chi connectivity index (χ3n) is 6.51. The van der Waals surface area contributed by atoms with Gasteiger partial charge in [-0.15, -0.1) is 0 Å². The largest absolute Gasteiger partial charge is 0.494 e. The van der Waals surface area contributed by atoms with Crippen LogP contribution in [0.1, 0.15) is 65.3 Å². The van der Waals surface area contributed by atoms with Gasteiger partial charge < -0.3 is 20.1 Å². The Morgan fingerprint density at radius 2 is 1.69 bits per heavy atom. The summed E-state index contributed by atoms with van der Waals surface area (Å²) in [6, 6.07) is 18.0. The summed E-state index contributed by atoms with van der Waals surface area (Å²) in [7, 11) is 0. The molecule has 0 heterocycles. The highest BCUT2D eigenvalue weighted by atomic mass is 79.9. The topological polar surface area (TPSA) is 135 Å². The minimum Gasteiger partial charge on any atom is -0.494 e. The molecule has 1 saturated carbocycles. The van der Waals surface area contributed by atoms with Crippen LogP contribution in [0.5, 0.6) is 11.5 Å². The highest BCUT2D eigenvalue weighted by Crippen LogP contribution is 2.24. The molecule has 1 fully saturated rings. The number of nitrogens with zero attached hydrogens (tertiary/aromatic N) is 1. The predicted molar refractivity (Wildman–Crippen MR) is 162 cm³/mol. The van der Waals surface area contributed by atoms with E-state index >= 15 is 0 Å². The van der Waals surface area contributed by atoms with Crippen LogP contribution in [0.25, 0.3) is 0 Å². The van der Waals surface area contributed by atoms with Gasteiger partial charge in [-0.3, -0.25) is 14.4 Å². The molecule has 3 amide bonds. The van der Waals surface area contributed by atoms with E-state index in [1.54, 1.807) is 66.7 Å². The number of esters is 1. The van der Waals surface area contributed by atoms with Gasteiger partial charge in [-0.25, -0.2) is 10.2 Å². The van der Waals surface area contributed by atoms with Gasteiger partial charge in [0.1, 0.15) is 11.5 Å². The summed E-state index contributed by atoms with van der Waals surface area (Å²) < 4.78 is 11.6. The normalized spacial score (nSPS) is 13.3. The average molecular weight is 636 g/mol. The summed E-state index contributed by atoms with van der Waals surface area (Å²) in [5, 5.41) is 9.35. The molecule has 0 radical (unpaired) electrons. The molecule has 3 aromatic rings. The molecule has 1 aliphatic rings. The van der Waals surface area contributed by atoms with Crippen molar-refractivity contribution in [1.82, 2.24) is 10.7 Å². The first kappa shape index (κ1) is 30.4. The summed E-state index contributed by atoms with van der Waals surface area (Å²) in [5.74, 6) is -2.12. The number of hydrazone groups is 1. The molecule has 0 aromatic heterocycles. The molecule has 4 rings (SSSR count). The van der Waals surface area contributed by atoms with Gasteiger partial charge >= 0.3 is 17.8 Å². The Kier molecular flexibility index (Phi) is 10.8. The zero-order valence-electron chi connectivity index (χ0n) is 23.0. The van der Waals surface area contributed by atoms with Gasteiger partial charge in [0, 0.05) is 16.1 Å². The van der Waals surface area contributed by atoms with Gasteiger partial charge in [0.05, 0.1) is 29.6 Å². The van der Waals surface area contributed by atoms with E-state index < -0.39 is 17.8 Å². The fourth-order valence-electron chi connectivity index (χ4n) is 4.42. The molecule has 1 aliphatic carbocycles. The number of ether oxygens (including phenoxy) is 2. The smallest absolute Gasteiger partial charge is 0.343 e. The Bertz CT molecular complexity index is 1470. The molecule has 11 heteroatoms. The minimum atomic E-state index is -1.04. The standard InChI is InChI=1S/C31H31BrN4O6/c1-2-41-24-15-12-20(13-16-24)31(40)42-27-17-14-22(32)18-21(27)19-33-36-30(39)29(38)35-26-11-7-6-10-25(26)28(37)34-23-8-4-3-5-9-23/h6-7,10-19,23H,2-5,8-9H2,1H3,(H,34,37)(H,35,38)(H,36,39). The van der Waals surface area contributed by atoms with E-state index in [1.165, 1.54) is 6.21 Å². The molecule has 0 aliphatic heterocycles. The maximum absolute atomic E-state index is 12.9. The maximum Gasteiger partial charge on any atom is 0.343 e. The molecule has 10 nitrogen and oxygen atoms in total. The fraction of sp³-hybridized carbons (Fsp3) is 0.258. The van der Waals surface area contributed by atoms with Gasteiger partial charge in [0.15, 0.2) is 0 Å². The van der Waals surface area contributed by atoms with Crippen LogP contribution in [-0.2, 0) is 9.59 Å². The number of amides is 3. The van der Waals surface area contributed by atoms with Crippen molar-refractivity contribution in [3.8, 4) is 11.5 Å². The van der Waals surface area contributed by atoms with Crippen molar-refractivity contribution in [2.45, 2.75) is 45.1 Å². The first-order chi connectivity index (χ1) is 20.3. The number of nitrogens with one attached hydrogen (secondary N) is 3. The molecule has 42 heavy (non-hydrogen) atoms. The van der Waals surface area contributed by atoms with E-state index in [0.29, 0.717) is 28.0 Å². The molecular formula is C31H31BrN4O6. The monoisotopic (exact) mass is 634 g/mol. The molecule has 0 unspecified atom stereocenters. The molecule has 3 aromatic carbocycles. The third kappa shape index (κ3) is 8.50. The van der Waals surface area contributed by atoms with Crippen molar-refractivity contribution in [3.63, 3.8) is 0 Å². The Balaban J connectivity index is 1.37. The lowest BCUT2D eigenvalue weighted by molar-refractivity contribution is -0.136. The highest BCUT2D eigenvalue weighted by Gasteiger charge is 2.21. The van der Waals surface area contributed by atoms with E-state index in [0.717, 1.165) is 32.1 Å². The molecule has 0 bridgehead atoms. The summed E-state index contributed by atoms with van der Waals surface area (Å²) >= 11 is 3.36. The number of carbonyl (C=O) groups is 4. The van der Waals surface area contributed by atoms with Gasteiger partial charge in [-0.1, -0.05) is 47.3 Å². The molecular weight excluding hydrogens is 604 g/mol. The Morgan fingerprint density at radius 1 is 0.952 bits per heavy atom. The predicted octanol–water partition coefficient (Wildman–Crippen LogP) is 5.22. The molecule has 218 valence electrons. The maximum atomic E-state index is 12.9. The second-order valence-electron chi connectivity index (χ2n) is 9.54. The number of carbonyl (C=O) groups excluding carboxylic acids is 4. The van der Waals surface area contributed by atoms with E-state index in [-0.39, 0.29) is 28.9 Å². The Labute approximate surface area is 252 Å². The van der Waals surface area contributed by atoms with Crippen molar-refractivity contribution < 1.29 is 28.7 Å². The number of rotatable bonds is 9. The number of halogens is 1. The van der Waals surface area contributed by atoms with Crippen molar-refractivity contribution in [2.75, 3.05) is 11.9 Å². The van der Waals surface area contributed by atoms with E-state index in [9.17, 15) is 19.2 Å². The minimum absolute atomic E-state index is 0.0933. The van der Waals surface area contributed by atoms with Gasteiger partial charge in [-0.05, 0) is 74.4 Å². The number of para-hydroxylation sites is 1. The van der Waals surface area contributed by atoms with Crippen LogP contribution in [0, 0.1) is 0 Å². The zero-order chi connectivity index (χ0) is 29.9. The second-order valence-corrected chi connectivity index (χ2v) is 10.5. The van der Waals surface area contributed by atoms with Crippen LogP contribution in [0.2, 0.25) is 0 Å². The average Bonchev–Trinajstić information content (AvgIpc) is 2.99. The molecule has 0 spiro atoms. The lowest BCUT2D eigenvalue weighted by Gasteiger charge is -2.23. The molecule has 0 atom stereocenters. The quantitative estimate of drug-likeness (QED) is 0.0971. The Morgan fingerprint density at radius 3 is 2.43 bits per heavy atom. The van der Waals surface area contributed by atoms with Crippen molar-refractivity contribution in [3.05, 3.63) is 87.9 Å². The fourth-order valence-corrected chi connectivity index (χ4v) is 4.80. The number of hydrogen-bond acceptors (Lipinski definition) is 7. The van der Waals surface area contributed by atoms with Crippen LogP contribution < -0.4 is 25.5 Å². The highest BCUT2D eigenvalue weighted by molar-refractivity contribution is 9.10. The van der Waals surface area contributed by atoms with Crippen LogP contribution in [-0.4, -0.2) is 42.6 Å². The summed E-state index contributed by atoms with van der Waals surface area (Å²) in [6.45, 7) is 2.38. The second kappa shape index (κ2) is 14.9. The SMILES string of the molecule is CCOc1ccc(C(=O)Oc2ccc(Br)cc2C=NNC(=O)C(=O)Nc2ccccc2C(=O)NC2CCCCC2)cc1. The van der Waals surface area contributed by atoms with Crippen LogP contribution in [0.3, 0.4) is 0 Å². The first-order valence-electron chi connectivity index (χ1n) is 13.6. The summed E-state index contributed by atoms with van der Waals surface area (Å²) in [4.78, 5) is 50.6. The summed E-state index contributed by atoms with van der Waals surface area (Å²) in [5.41, 5.74) is 3.33.